The van der Waals surface area contributed by atoms with Crippen LogP contribution in [0.5, 0.6) is 23.0 Å². The number of alkyl halides is 1. The molecule has 0 aromatic heterocycles. The Morgan fingerprint density at radius 3 is 2.39 bits per heavy atom. The fourth-order valence-electron chi connectivity index (χ4n) is 4.82. The number of phenols is 2. The SMILES string of the molecule is O=C(Nc1cc(F)c2c(c1)C(=O)OC21c2ccc(O)cc2Oc2cc(O)c(F)cc21)c1ccc(CCl)cc1. The molecule has 2 aliphatic rings. The fraction of sp³-hybridized carbons (Fsp3) is 0.0714. The third-order valence-electron chi connectivity index (χ3n) is 6.53. The van der Waals surface area contributed by atoms with Gasteiger partial charge in [-0.1, -0.05) is 12.1 Å². The molecule has 4 aromatic rings. The number of ether oxygens (including phenoxy) is 2. The van der Waals surface area contributed by atoms with E-state index in [-0.39, 0.29) is 51.1 Å². The van der Waals surface area contributed by atoms with Crippen molar-refractivity contribution in [3.8, 4) is 23.0 Å². The van der Waals surface area contributed by atoms with Crippen molar-refractivity contribution in [1.82, 2.24) is 0 Å². The van der Waals surface area contributed by atoms with E-state index < -0.39 is 34.9 Å². The Labute approximate surface area is 218 Å². The summed E-state index contributed by atoms with van der Waals surface area (Å²) in [4.78, 5) is 25.9. The maximum atomic E-state index is 15.9. The fourth-order valence-corrected chi connectivity index (χ4v) is 5.00. The van der Waals surface area contributed by atoms with E-state index in [9.17, 15) is 24.2 Å². The molecule has 7 nitrogen and oxygen atoms in total. The van der Waals surface area contributed by atoms with Gasteiger partial charge in [-0.15, -0.1) is 11.6 Å². The minimum absolute atomic E-state index is 0.00299. The van der Waals surface area contributed by atoms with Gasteiger partial charge in [-0.25, -0.2) is 13.6 Å². The number of halogens is 3. The van der Waals surface area contributed by atoms with E-state index in [0.29, 0.717) is 5.56 Å². The van der Waals surface area contributed by atoms with Gasteiger partial charge in [0.05, 0.1) is 16.7 Å². The summed E-state index contributed by atoms with van der Waals surface area (Å²) in [6.07, 6.45) is 0. The van der Waals surface area contributed by atoms with Crippen LogP contribution in [0.3, 0.4) is 0 Å². The van der Waals surface area contributed by atoms with Crippen LogP contribution in [0.25, 0.3) is 0 Å². The highest BCUT2D eigenvalue weighted by molar-refractivity contribution is 6.17. The summed E-state index contributed by atoms with van der Waals surface area (Å²) in [6, 6.07) is 14.6. The van der Waals surface area contributed by atoms with Gasteiger partial charge in [0.15, 0.2) is 17.2 Å². The normalized spacial score (nSPS) is 16.8. The van der Waals surface area contributed by atoms with E-state index in [2.05, 4.69) is 5.32 Å². The zero-order valence-electron chi connectivity index (χ0n) is 19.2. The van der Waals surface area contributed by atoms with Gasteiger partial charge in [-0.2, -0.15) is 0 Å². The van der Waals surface area contributed by atoms with E-state index in [1.165, 1.54) is 24.3 Å². The van der Waals surface area contributed by atoms with E-state index >= 15 is 4.39 Å². The second-order valence-corrected chi connectivity index (χ2v) is 9.09. The topological polar surface area (TPSA) is 105 Å². The first-order chi connectivity index (χ1) is 18.2. The van der Waals surface area contributed by atoms with Crippen molar-refractivity contribution in [2.75, 3.05) is 5.32 Å². The van der Waals surface area contributed by atoms with Crippen LogP contribution in [-0.4, -0.2) is 22.1 Å². The van der Waals surface area contributed by atoms with Crippen molar-refractivity contribution in [1.29, 1.82) is 0 Å². The van der Waals surface area contributed by atoms with Crippen LogP contribution in [-0.2, 0) is 16.2 Å². The summed E-state index contributed by atoms with van der Waals surface area (Å²) >= 11 is 5.78. The Kier molecular flexibility index (Phi) is 5.29. The van der Waals surface area contributed by atoms with Crippen molar-refractivity contribution in [2.45, 2.75) is 11.5 Å². The van der Waals surface area contributed by atoms with Crippen molar-refractivity contribution < 1.29 is 38.1 Å². The lowest BCUT2D eigenvalue weighted by Crippen LogP contribution is -2.34. The molecule has 0 saturated heterocycles. The quantitative estimate of drug-likeness (QED) is 0.222. The Bertz CT molecular complexity index is 1670. The van der Waals surface area contributed by atoms with Gasteiger partial charge in [0.1, 0.15) is 23.1 Å². The number of nitrogens with one attached hydrogen (secondary N) is 1. The molecule has 0 aliphatic carbocycles. The highest BCUT2D eigenvalue weighted by atomic mass is 35.5. The molecule has 0 bridgehead atoms. The van der Waals surface area contributed by atoms with Crippen molar-refractivity contribution in [2.24, 2.45) is 0 Å². The summed E-state index contributed by atoms with van der Waals surface area (Å²) in [5.74, 6) is -4.14. The minimum atomic E-state index is -1.98. The molecule has 1 spiro atoms. The maximum absolute atomic E-state index is 15.9. The lowest BCUT2D eigenvalue weighted by molar-refractivity contribution is 0.0216. The summed E-state index contributed by atoms with van der Waals surface area (Å²) in [7, 11) is 0. The molecule has 0 fully saturated rings. The lowest BCUT2D eigenvalue weighted by Gasteiger charge is -2.36. The third kappa shape index (κ3) is 3.47. The molecule has 1 amide bonds. The number of phenolic OH excluding ortho intramolecular Hbond substituents is 2. The van der Waals surface area contributed by atoms with Gasteiger partial charge >= 0.3 is 5.97 Å². The predicted octanol–water partition coefficient (Wildman–Crippen LogP) is 5.94. The lowest BCUT2D eigenvalue weighted by atomic mass is 9.77. The van der Waals surface area contributed by atoms with Gasteiger partial charge in [0.25, 0.3) is 5.91 Å². The molecular weight excluding hydrogens is 520 g/mol. The Hall–Kier alpha value is -4.63. The van der Waals surface area contributed by atoms with Crippen LogP contribution in [0.2, 0.25) is 0 Å². The largest absolute Gasteiger partial charge is 0.508 e. The first-order valence-corrected chi connectivity index (χ1v) is 11.8. The van der Waals surface area contributed by atoms with E-state index in [1.807, 2.05) is 0 Å². The Balaban J connectivity index is 1.50. The van der Waals surface area contributed by atoms with E-state index in [0.717, 1.165) is 23.8 Å². The van der Waals surface area contributed by atoms with Gasteiger partial charge in [-0.05, 0) is 48.0 Å². The Morgan fingerprint density at radius 1 is 0.921 bits per heavy atom. The number of esters is 1. The number of rotatable bonds is 3. The molecule has 4 aromatic carbocycles. The molecule has 6 rings (SSSR count). The smallest absolute Gasteiger partial charge is 0.340 e. The van der Waals surface area contributed by atoms with Gasteiger partial charge in [0.2, 0.25) is 0 Å². The van der Waals surface area contributed by atoms with Gasteiger partial charge in [0, 0.05) is 34.8 Å². The number of fused-ring (bicyclic) bond motifs is 6. The number of amides is 1. The number of aromatic hydroxyl groups is 2. The molecule has 2 aliphatic heterocycles. The van der Waals surface area contributed by atoms with E-state index in [1.54, 1.807) is 24.3 Å². The summed E-state index contributed by atoms with van der Waals surface area (Å²) in [5.41, 5.74) is -1.23. The van der Waals surface area contributed by atoms with Crippen LogP contribution in [0, 0.1) is 11.6 Å². The van der Waals surface area contributed by atoms with Gasteiger partial charge < -0.3 is 25.0 Å². The van der Waals surface area contributed by atoms with Crippen molar-refractivity contribution in [3.63, 3.8) is 0 Å². The summed E-state index contributed by atoms with van der Waals surface area (Å²) < 4.78 is 42.0. The zero-order chi connectivity index (χ0) is 26.8. The molecule has 38 heavy (non-hydrogen) atoms. The first-order valence-electron chi connectivity index (χ1n) is 11.3. The van der Waals surface area contributed by atoms with Crippen LogP contribution in [0.15, 0.2) is 66.7 Å². The zero-order valence-corrected chi connectivity index (χ0v) is 20.0. The van der Waals surface area contributed by atoms with Crippen LogP contribution in [0.1, 0.15) is 43.0 Å². The monoisotopic (exact) mass is 535 g/mol. The molecule has 0 radical (unpaired) electrons. The first kappa shape index (κ1) is 23.7. The minimum Gasteiger partial charge on any atom is -0.508 e. The number of benzene rings is 4. The number of carbonyl (C=O) groups excluding carboxylic acids is 2. The number of carbonyl (C=O) groups is 2. The molecular formula is C28H16ClF2NO6. The molecule has 3 N–H and O–H groups in total. The standard InChI is InChI=1S/C28H16ClF2NO6/c29-12-13-1-3-14(4-2-13)26(35)32-15-7-17-25(21(31)8-15)28(38-27(17)36)18-6-5-16(33)9-23(18)37-24-11-22(34)20(30)10-19(24)28/h1-11,33-34H,12H2,(H,32,35). The highest BCUT2D eigenvalue weighted by Crippen LogP contribution is 2.58. The average Bonchev–Trinajstić information content (AvgIpc) is 3.18. The molecule has 1 atom stereocenters. The molecule has 10 heteroatoms. The van der Waals surface area contributed by atoms with E-state index in [4.69, 9.17) is 21.1 Å². The van der Waals surface area contributed by atoms with Crippen molar-refractivity contribution >= 4 is 29.2 Å². The highest BCUT2D eigenvalue weighted by Gasteiger charge is 2.56. The average molecular weight is 536 g/mol. The number of anilines is 1. The number of hydrogen-bond acceptors (Lipinski definition) is 6. The molecule has 0 saturated carbocycles. The third-order valence-corrected chi connectivity index (χ3v) is 6.84. The molecule has 190 valence electrons. The second kappa shape index (κ2) is 8.46. The van der Waals surface area contributed by atoms with Gasteiger partial charge in [-0.3, -0.25) is 4.79 Å². The second-order valence-electron chi connectivity index (χ2n) is 8.82. The number of hydrogen-bond donors (Lipinski definition) is 3. The summed E-state index contributed by atoms with van der Waals surface area (Å²) in [5, 5.41) is 22.5. The van der Waals surface area contributed by atoms with Crippen LogP contribution in [0.4, 0.5) is 14.5 Å². The predicted molar refractivity (Wildman–Crippen MR) is 132 cm³/mol. The Morgan fingerprint density at radius 2 is 1.66 bits per heavy atom. The van der Waals surface area contributed by atoms with Crippen LogP contribution < -0.4 is 10.1 Å². The maximum Gasteiger partial charge on any atom is 0.340 e. The molecule has 1 unspecified atom stereocenters. The summed E-state index contributed by atoms with van der Waals surface area (Å²) in [6.45, 7) is 0. The van der Waals surface area contributed by atoms with Crippen molar-refractivity contribution in [3.05, 3.63) is 112 Å². The molecule has 2 heterocycles. The van der Waals surface area contributed by atoms with Crippen LogP contribution >= 0.6 is 11.6 Å².